The minimum absolute atomic E-state index is 0.0916. The van der Waals surface area contributed by atoms with Gasteiger partial charge >= 0.3 is 6.18 Å². The molecule has 2 aromatic rings. The molecule has 0 bridgehead atoms. The number of hydrogen-bond donors (Lipinski definition) is 1. The summed E-state index contributed by atoms with van der Waals surface area (Å²) in [6.07, 6.45) is -0.852. The van der Waals surface area contributed by atoms with Gasteiger partial charge in [0, 0.05) is 24.0 Å². The Labute approximate surface area is 200 Å². The summed E-state index contributed by atoms with van der Waals surface area (Å²) in [6.45, 7) is 7.89. The highest BCUT2D eigenvalue weighted by Crippen LogP contribution is 2.43. The van der Waals surface area contributed by atoms with Crippen LogP contribution in [0, 0.1) is 5.92 Å². The van der Waals surface area contributed by atoms with Crippen LogP contribution in [0.5, 0.6) is 0 Å². The Morgan fingerprint density at radius 1 is 1.09 bits per heavy atom. The largest absolute Gasteiger partial charge is 0.416 e. The van der Waals surface area contributed by atoms with Crippen LogP contribution in [0.15, 0.2) is 53.4 Å². The Hall–Kier alpha value is -1.90. The molecule has 8 heteroatoms. The van der Waals surface area contributed by atoms with Crippen molar-refractivity contribution in [2.75, 3.05) is 13.1 Å². The lowest BCUT2D eigenvalue weighted by Crippen LogP contribution is -2.63. The van der Waals surface area contributed by atoms with Gasteiger partial charge in [0.15, 0.2) is 0 Å². The summed E-state index contributed by atoms with van der Waals surface area (Å²) >= 11 is 0. The lowest BCUT2D eigenvalue weighted by molar-refractivity contribution is -0.137. The molecule has 3 atom stereocenters. The zero-order chi connectivity index (χ0) is 24.7. The molecule has 0 radical (unpaired) electrons. The zero-order valence-electron chi connectivity index (χ0n) is 19.9. The summed E-state index contributed by atoms with van der Waals surface area (Å²) in [5, 5.41) is 0. The Kier molecular flexibility index (Phi) is 6.88. The van der Waals surface area contributed by atoms with Gasteiger partial charge in [0.05, 0.1) is 10.5 Å². The third-order valence-electron chi connectivity index (χ3n) is 7.69. The molecule has 4 rings (SSSR count). The molecular weight excluding hydrogens is 461 g/mol. The zero-order valence-corrected chi connectivity index (χ0v) is 20.7. The molecule has 1 N–H and O–H groups in total. The van der Waals surface area contributed by atoms with Gasteiger partial charge in [0.25, 0.3) is 0 Å². The van der Waals surface area contributed by atoms with E-state index in [1.54, 1.807) is 0 Å². The van der Waals surface area contributed by atoms with Gasteiger partial charge in [-0.25, -0.2) is 13.1 Å². The van der Waals surface area contributed by atoms with Gasteiger partial charge in [-0.3, -0.25) is 4.90 Å². The predicted molar refractivity (Wildman–Crippen MR) is 127 cm³/mol. The number of nitrogens with one attached hydrogen (secondary N) is 1. The number of hydrogen-bond acceptors (Lipinski definition) is 3. The van der Waals surface area contributed by atoms with E-state index in [-0.39, 0.29) is 10.9 Å². The molecule has 1 saturated carbocycles. The molecule has 186 valence electrons. The first-order chi connectivity index (χ1) is 16.0. The van der Waals surface area contributed by atoms with Crippen LogP contribution in [-0.4, -0.2) is 38.5 Å². The maximum absolute atomic E-state index is 13.5. The minimum atomic E-state index is -4.61. The highest BCUT2D eigenvalue weighted by Gasteiger charge is 2.48. The van der Waals surface area contributed by atoms with Crippen molar-refractivity contribution in [3.63, 3.8) is 0 Å². The second kappa shape index (κ2) is 9.28. The number of likely N-dealkylation sites (N-methyl/N-ethyl adjacent to an activating group) is 1. The molecule has 0 spiro atoms. The van der Waals surface area contributed by atoms with E-state index in [4.69, 9.17) is 0 Å². The highest BCUT2D eigenvalue weighted by atomic mass is 32.2. The molecular formula is C26H33F3N2O2S. The van der Waals surface area contributed by atoms with Crippen molar-refractivity contribution in [3.05, 3.63) is 65.2 Å². The monoisotopic (exact) mass is 494 g/mol. The summed E-state index contributed by atoms with van der Waals surface area (Å²) in [6, 6.07) is 11.6. The van der Waals surface area contributed by atoms with E-state index in [1.807, 2.05) is 19.1 Å². The summed E-state index contributed by atoms with van der Waals surface area (Å²) in [7, 11) is -4.19. The summed E-state index contributed by atoms with van der Waals surface area (Å²) in [5.41, 5.74) is 0.835. The average Bonchev–Trinajstić information content (AvgIpc) is 3.63. The Balaban J connectivity index is 1.76. The molecule has 0 heterocycles. The molecule has 2 aliphatic rings. The third kappa shape index (κ3) is 4.90. The van der Waals surface area contributed by atoms with Crippen LogP contribution in [0.4, 0.5) is 13.2 Å². The second-order valence-corrected chi connectivity index (χ2v) is 11.6. The summed E-state index contributed by atoms with van der Waals surface area (Å²) in [5.74, 6) is 0.630. The first-order valence-corrected chi connectivity index (χ1v) is 13.5. The van der Waals surface area contributed by atoms with Crippen LogP contribution in [0.2, 0.25) is 0 Å². The quantitative estimate of drug-likeness (QED) is 0.536. The molecule has 1 fully saturated rings. The van der Waals surface area contributed by atoms with Crippen molar-refractivity contribution in [1.29, 1.82) is 0 Å². The third-order valence-corrected chi connectivity index (χ3v) is 9.12. The van der Waals surface area contributed by atoms with Gasteiger partial charge in [-0.05, 0) is 67.5 Å². The van der Waals surface area contributed by atoms with Crippen molar-refractivity contribution < 1.29 is 21.6 Å². The lowest BCUT2D eigenvalue weighted by Gasteiger charge is -2.50. The van der Waals surface area contributed by atoms with Crippen LogP contribution < -0.4 is 4.72 Å². The van der Waals surface area contributed by atoms with Crippen LogP contribution in [-0.2, 0) is 28.0 Å². The van der Waals surface area contributed by atoms with Gasteiger partial charge < -0.3 is 0 Å². The van der Waals surface area contributed by atoms with Crippen molar-refractivity contribution >= 4 is 10.0 Å². The van der Waals surface area contributed by atoms with Crippen LogP contribution >= 0.6 is 0 Å². The number of halogens is 3. The van der Waals surface area contributed by atoms with Gasteiger partial charge in [-0.1, -0.05) is 51.1 Å². The van der Waals surface area contributed by atoms with Crippen LogP contribution in [0.3, 0.4) is 0 Å². The highest BCUT2D eigenvalue weighted by molar-refractivity contribution is 7.89. The van der Waals surface area contributed by atoms with E-state index in [0.29, 0.717) is 18.8 Å². The van der Waals surface area contributed by atoms with E-state index in [2.05, 4.69) is 35.6 Å². The minimum Gasteiger partial charge on any atom is -0.298 e. The molecule has 0 saturated heterocycles. The molecule has 0 unspecified atom stereocenters. The predicted octanol–water partition coefficient (Wildman–Crippen LogP) is 5.38. The first kappa shape index (κ1) is 25.2. The molecule has 0 aliphatic heterocycles. The maximum atomic E-state index is 13.5. The molecule has 0 amide bonds. The van der Waals surface area contributed by atoms with Gasteiger partial charge in [0.1, 0.15) is 0 Å². The fourth-order valence-corrected chi connectivity index (χ4v) is 6.78. The van der Waals surface area contributed by atoms with E-state index in [1.165, 1.54) is 24.5 Å². The fourth-order valence-electron chi connectivity index (χ4n) is 5.36. The van der Waals surface area contributed by atoms with Crippen LogP contribution in [0.25, 0.3) is 0 Å². The van der Waals surface area contributed by atoms with Gasteiger partial charge in [-0.2, -0.15) is 13.2 Å². The number of sulfonamides is 1. The summed E-state index contributed by atoms with van der Waals surface area (Å²) < 4.78 is 69.7. The van der Waals surface area contributed by atoms with Crippen molar-refractivity contribution in [2.24, 2.45) is 5.92 Å². The number of nitrogens with zero attached hydrogens (tertiary/aromatic N) is 1. The molecule has 2 aromatic carbocycles. The standard InChI is InChI=1S/C26H33F3N2O2S/c1-4-25(3)22-12-7-6-9-19(22)15-23(31(5-2)17-18-13-14-18)24(25)30-34(32,33)21-11-8-10-20(16-21)26(27,28)29/h6-12,16,18,23-24,30H,4-5,13-15,17H2,1-3H3/t23-,24+,25-/m1/s1. The summed E-state index contributed by atoms with van der Waals surface area (Å²) in [4.78, 5) is 2.00. The number of benzene rings is 2. The molecule has 4 nitrogen and oxygen atoms in total. The maximum Gasteiger partial charge on any atom is 0.416 e. The Bertz CT molecular complexity index is 1130. The van der Waals surface area contributed by atoms with Crippen molar-refractivity contribution in [1.82, 2.24) is 9.62 Å². The van der Waals surface area contributed by atoms with E-state index < -0.39 is 33.2 Å². The smallest absolute Gasteiger partial charge is 0.298 e. The normalized spacial score (nSPS) is 25.4. The van der Waals surface area contributed by atoms with E-state index >= 15 is 0 Å². The molecule has 34 heavy (non-hydrogen) atoms. The fraction of sp³-hybridized carbons (Fsp3) is 0.538. The number of fused-ring (bicyclic) bond motifs is 1. The Morgan fingerprint density at radius 2 is 1.79 bits per heavy atom. The van der Waals surface area contributed by atoms with Gasteiger partial charge in [0.2, 0.25) is 10.0 Å². The van der Waals surface area contributed by atoms with E-state index in [9.17, 15) is 21.6 Å². The van der Waals surface area contributed by atoms with Gasteiger partial charge in [-0.15, -0.1) is 0 Å². The number of alkyl halides is 3. The van der Waals surface area contributed by atoms with E-state index in [0.717, 1.165) is 36.9 Å². The van der Waals surface area contributed by atoms with Crippen molar-refractivity contribution in [3.8, 4) is 0 Å². The SMILES string of the molecule is CCN(CC1CC1)[C@@H]1Cc2ccccc2[C@@](C)(CC)[C@H]1NS(=O)(=O)c1cccc(C(F)(F)F)c1. The first-order valence-electron chi connectivity index (χ1n) is 12.0. The molecule has 2 aliphatic carbocycles. The lowest BCUT2D eigenvalue weighted by atomic mass is 9.64. The Morgan fingerprint density at radius 3 is 2.41 bits per heavy atom. The second-order valence-electron chi connectivity index (χ2n) is 9.86. The molecule has 0 aromatic heterocycles. The van der Waals surface area contributed by atoms with Crippen LogP contribution in [0.1, 0.15) is 56.7 Å². The average molecular weight is 495 g/mol. The number of rotatable bonds is 8. The topological polar surface area (TPSA) is 49.4 Å². The van der Waals surface area contributed by atoms with Crippen molar-refractivity contribution in [2.45, 2.75) is 75.0 Å².